The standard InChI is InChI=1S/C18H23NO/c1-19-13-16(15-9-5-6-10-17(15)19)18(20)12-11-14-7-3-2-4-8-14/h5-6,9-10,13-14H,2-4,7-8,11-12H2,1H3. The number of Topliss-reactive ketones (excluding diaryl/α,β-unsaturated/α-hetero) is 1. The number of para-hydroxylation sites is 1. The predicted octanol–water partition coefficient (Wildman–Crippen LogP) is 4.72. The molecule has 20 heavy (non-hydrogen) atoms. The summed E-state index contributed by atoms with van der Waals surface area (Å²) in [6, 6.07) is 8.18. The molecule has 2 aromatic rings. The third-order valence-electron chi connectivity index (χ3n) is 4.70. The normalized spacial score (nSPS) is 16.6. The van der Waals surface area contributed by atoms with Crippen LogP contribution in [0.5, 0.6) is 0 Å². The Morgan fingerprint density at radius 3 is 2.75 bits per heavy atom. The Morgan fingerprint density at radius 2 is 1.95 bits per heavy atom. The second kappa shape index (κ2) is 5.82. The number of fused-ring (bicyclic) bond motifs is 1. The van der Waals surface area contributed by atoms with E-state index in [9.17, 15) is 4.79 Å². The molecule has 0 unspecified atom stereocenters. The summed E-state index contributed by atoms with van der Waals surface area (Å²) in [6.45, 7) is 0. The summed E-state index contributed by atoms with van der Waals surface area (Å²) in [4.78, 5) is 12.5. The molecule has 1 aromatic carbocycles. The molecule has 0 N–H and O–H groups in total. The summed E-state index contributed by atoms with van der Waals surface area (Å²) in [7, 11) is 2.01. The molecule has 0 saturated heterocycles. The first kappa shape index (κ1) is 13.4. The first-order valence-corrected chi connectivity index (χ1v) is 7.83. The largest absolute Gasteiger partial charge is 0.350 e. The Morgan fingerprint density at radius 1 is 1.20 bits per heavy atom. The van der Waals surface area contributed by atoms with Gasteiger partial charge in [0.05, 0.1) is 0 Å². The molecule has 1 aromatic heterocycles. The quantitative estimate of drug-likeness (QED) is 0.736. The smallest absolute Gasteiger partial charge is 0.165 e. The first-order valence-electron chi connectivity index (χ1n) is 7.83. The maximum atomic E-state index is 12.5. The number of benzene rings is 1. The van der Waals surface area contributed by atoms with Gasteiger partial charge in [0.15, 0.2) is 5.78 Å². The van der Waals surface area contributed by atoms with E-state index < -0.39 is 0 Å². The first-order chi connectivity index (χ1) is 9.75. The van der Waals surface area contributed by atoms with E-state index in [1.54, 1.807) is 0 Å². The molecular weight excluding hydrogens is 246 g/mol. The summed E-state index contributed by atoms with van der Waals surface area (Å²) in [6.07, 6.45) is 10.5. The van der Waals surface area contributed by atoms with Crippen LogP contribution in [0.1, 0.15) is 55.3 Å². The van der Waals surface area contributed by atoms with Gasteiger partial charge in [0, 0.05) is 36.1 Å². The average molecular weight is 269 g/mol. The monoisotopic (exact) mass is 269 g/mol. The molecule has 106 valence electrons. The Balaban J connectivity index is 1.72. The highest BCUT2D eigenvalue weighted by molar-refractivity contribution is 6.08. The fraction of sp³-hybridized carbons (Fsp3) is 0.500. The lowest BCUT2D eigenvalue weighted by Crippen LogP contribution is -2.09. The summed E-state index contributed by atoms with van der Waals surface area (Å²) >= 11 is 0. The van der Waals surface area contributed by atoms with Gasteiger partial charge in [0.2, 0.25) is 0 Å². The molecule has 0 amide bonds. The van der Waals surface area contributed by atoms with Gasteiger partial charge in [-0.1, -0.05) is 50.3 Å². The molecule has 2 nitrogen and oxygen atoms in total. The third-order valence-corrected chi connectivity index (χ3v) is 4.70. The van der Waals surface area contributed by atoms with Crippen molar-refractivity contribution in [3.8, 4) is 0 Å². The number of hydrogen-bond acceptors (Lipinski definition) is 1. The van der Waals surface area contributed by atoms with Crippen LogP contribution in [-0.2, 0) is 7.05 Å². The van der Waals surface area contributed by atoms with E-state index in [4.69, 9.17) is 0 Å². The number of nitrogens with zero attached hydrogens (tertiary/aromatic N) is 1. The van der Waals surface area contributed by atoms with E-state index in [0.717, 1.165) is 28.8 Å². The van der Waals surface area contributed by atoms with Gasteiger partial charge in [-0.25, -0.2) is 0 Å². The van der Waals surface area contributed by atoms with Gasteiger partial charge < -0.3 is 4.57 Å². The van der Waals surface area contributed by atoms with E-state index in [-0.39, 0.29) is 0 Å². The minimum Gasteiger partial charge on any atom is -0.350 e. The van der Waals surface area contributed by atoms with Crippen molar-refractivity contribution in [3.05, 3.63) is 36.0 Å². The Bertz CT molecular complexity index is 605. The number of ketones is 1. The van der Waals surface area contributed by atoms with E-state index >= 15 is 0 Å². The number of aromatic nitrogens is 1. The van der Waals surface area contributed by atoms with Gasteiger partial charge in [-0.05, 0) is 18.4 Å². The SMILES string of the molecule is Cn1cc(C(=O)CCC2CCCCC2)c2ccccc21. The van der Waals surface area contributed by atoms with Crippen molar-refractivity contribution in [3.63, 3.8) is 0 Å². The van der Waals surface area contributed by atoms with E-state index in [2.05, 4.69) is 16.7 Å². The van der Waals surface area contributed by atoms with Crippen molar-refractivity contribution in [2.24, 2.45) is 13.0 Å². The molecule has 1 heterocycles. The second-order valence-electron chi connectivity index (χ2n) is 6.14. The van der Waals surface area contributed by atoms with Crippen LogP contribution >= 0.6 is 0 Å². The molecule has 3 rings (SSSR count). The fourth-order valence-electron chi connectivity index (χ4n) is 3.51. The highest BCUT2D eigenvalue weighted by Crippen LogP contribution is 2.29. The highest BCUT2D eigenvalue weighted by Gasteiger charge is 2.17. The van der Waals surface area contributed by atoms with Crippen molar-refractivity contribution in [1.82, 2.24) is 4.57 Å². The van der Waals surface area contributed by atoms with Crippen molar-refractivity contribution in [2.45, 2.75) is 44.9 Å². The van der Waals surface area contributed by atoms with Crippen LogP contribution in [0.25, 0.3) is 10.9 Å². The molecule has 0 spiro atoms. The third kappa shape index (κ3) is 2.65. The molecule has 1 aliphatic carbocycles. The topological polar surface area (TPSA) is 22.0 Å². The molecule has 0 bridgehead atoms. The molecule has 0 radical (unpaired) electrons. The molecule has 0 aliphatic heterocycles. The van der Waals surface area contributed by atoms with Crippen LogP contribution < -0.4 is 0 Å². The van der Waals surface area contributed by atoms with Gasteiger partial charge >= 0.3 is 0 Å². The number of hydrogen-bond donors (Lipinski definition) is 0. The molecular formula is C18H23NO. The zero-order valence-corrected chi connectivity index (χ0v) is 12.3. The number of carbonyl (C=O) groups is 1. The van der Waals surface area contributed by atoms with E-state index in [0.29, 0.717) is 12.2 Å². The number of carbonyl (C=O) groups excluding carboxylic acids is 1. The summed E-state index contributed by atoms with van der Waals surface area (Å²) in [5, 5.41) is 1.10. The second-order valence-corrected chi connectivity index (χ2v) is 6.14. The maximum Gasteiger partial charge on any atom is 0.165 e. The predicted molar refractivity (Wildman–Crippen MR) is 83.1 cm³/mol. The Kier molecular flexibility index (Phi) is 3.90. The number of aryl methyl sites for hydroxylation is 1. The average Bonchev–Trinajstić information content (AvgIpc) is 2.84. The summed E-state index contributed by atoms with van der Waals surface area (Å²) in [5.41, 5.74) is 2.05. The Labute approximate surface area is 120 Å². The van der Waals surface area contributed by atoms with Crippen molar-refractivity contribution < 1.29 is 4.79 Å². The van der Waals surface area contributed by atoms with Crippen molar-refractivity contribution >= 4 is 16.7 Å². The lowest BCUT2D eigenvalue weighted by Gasteiger charge is -2.20. The fourth-order valence-corrected chi connectivity index (χ4v) is 3.51. The molecule has 1 fully saturated rings. The zero-order valence-electron chi connectivity index (χ0n) is 12.3. The van der Waals surface area contributed by atoms with Gasteiger partial charge in [0.1, 0.15) is 0 Å². The van der Waals surface area contributed by atoms with Crippen LogP contribution in [0.2, 0.25) is 0 Å². The summed E-state index contributed by atoms with van der Waals surface area (Å²) < 4.78 is 2.06. The highest BCUT2D eigenvalue weighted by atomic mass is 16.1. The molecule has 1 aliphatic rings. The lowest BCUT2D eigenvalue weighted by atomic mass is 9.85. The van der Waals surface area contributed by atoms with Crippen LogP contribution in [0.3, 0.4) is 0 Å². The molecule has 2 heteroatoms. The van der Waals surface area contributed by atoms with Gasteiger partial charge in [0.25, 0.3) is 0 Å². The summed E-state index contributed by atoms with van der Waals surface area (Å²) in [5.74, 6) is 1.09. The van der Waals surface area contributed by atoms with Crippen molar-refractivity contribution in [1.29, 1.82) is 0 Å². The van der Waals surface area contributed by atoms with Crippen LogP contribution in [0.4, 0.5) is 0 Å². The van der Waals surface area contributed by atoms with Gasteiger partial charge in [-0.3, -0.25) is 4.79 Å². The Hall–Kier alpha value is -1.57. The minimum atomic E-state index is 0.312. The lowest BCUT2D eigenvalue weighted by molar-refractivity contribution is 0.0971. The van der Waals surface area contributed by atoms with Crippen LogP contribution in [0, 0.1) is 5.92 Å². The maximum absolute atomic E-state index is 12.5. The van der Waals surface area contributed by atoms with Crippen molar-refractivity contribution in [2.75, 3.05) is 0 Å². The zero-order chi connectivity index (χ0) is 13.9. The van der Waals surface area contributed by atoms with Crippen LogP contribution in [0.15, 0.2) is 30.5 Å². The van der Waals surface area contributed by atoms with E-state index in [1.165, 1.54) is 32.1 Å². The van der Waals surface area contributed by atoms with E-state index in [1.807, 2.05) is 25.4 Å². The molecule has 0 atom stereocenters. The van der Waals surface area contributed by atoms with Gasteiger partial charge in [-0.15, -0.1) is 0 Å². The van der Waals surface area contributed by atoms with Crippen LogP contribution in [-0.4, -0.2) is 10.4 Å². The molecule has 1 saturated carbocycles. The van der Waals surface area contributed by atoms with Gasteiger partial charge in [-0.2, -0.15) is 0 Å². The minimum absolute atomic E-state index is 0.312. The number of rotatable bonds is 4.